The van der Waals surface area contributed by atoms with E-state index in [9.17, 15) is 18.0 Å². The van der Waals surface area contributed by atoms with Gasteiger partial charge in [-0.25, -0.2) is 8.42 Å². The van der Waals surface area contributed by atoms with Crippen molar-refractivity contribution in [3.8, 4) is 0 Å². The van der Waals surface area contributed by atoms with Crippen molar-refractivity contribution in [1.82, 2.24) is 9.80 Å². The molecule has 1 aliphatic heterocycles. The van der Waals surface area contributed by atoms with Crippen LogP contribution < -0.4 is 0 Å². The van der Waals surface area contributed by atoms with Crippen LogP contribution >= 0.6 is 0 Å². The van der Waals surface area contributed by atoms with Gasteiger partial charge in [-0.05, 0) is 52.9 Å². The first-order valence-corrected chi connectivity index (χ1v) is 11.4. The molecule has 1 saturated heterocycles. The molecule has 2 rings (SSSR count). The fourth-order valence-electron chi connectivity index (χ4n) is 4.23. The maximum absolute atomic E-state index is 12.9. The van der Waals surface area contributed by atoms with Gasteiger partial charge in [0.15, 0.2) is 9.84 Å². The Bertz CT molecular complexity index is 578. The molecule has 2 fully saturated rings. The standard InChI is InChI=1S/C18H32N2O4S/c1-4-19(5-2)17(21)14-7-9-15(10-8-14)18(22)20(6-3)16-11-12-25(23,24)13-16/h14-16H,4-13H2,1-3H3. The van der Waals surface area contributed by atoms with E-state index >= 15 is 0 Å². The first kappa shape index (κ1) is 20.2. The van der Waals surface area contributed by atoms with Crippen molar-refractivity contribution >= 4 is 21.7 Å². The molecule has 0 radical (unpaired) electrons. The molecule has 0 aromatic carbocycles. The second kappa shape index (κ2) is 8.52. The van der Waals surface area contributed by atoms with Crippen LogP contribution in [0.15, 0.2) is 0 Å². The van der Waals surface area contributed by atoms with Crippen molar-refractivity contribution in [2.24, 2.45) is 11.8 Å². The zero-order chi connectivity index (χ0) is 18.6. The Morgan fingerprint density at radius 2 is 1.36 bits per heavy atom. The van der Waals surface area contributed by atoms with Crippen LogP contribution in [0.3, 0.4) is 0 Å². The summed E-state index contributed by atoms with van der Waals surface area (Å²) in [6, 6.07) is -0.169. The minimum Gasteiger partial charge on any atom is -0.343 e. The van der Waals surface area contributed by atoms with Gasteiger partial charge in [0.05, 0.1) is 11.5 Å². The quantitative estimate of drug-likeness (QED) is 0.711. The Balaban J connectivity index is 1.93. The monoisotopic (exact) mass is 372 g/mol. The fourth-order valence-corrected chi connectivity index (χ4v) is 5.96. The lowest BCUT2D eigenvalue weighted by molar-refractivity contribution is -0.142. The van der Waals surface area contributed by atoms with E-state index in [0.717, 1.165) is 38.8 Å². The summed E-state index contributed by atoms with van der Waals surface area (Å²) in [6.45, 7) is 7.91. The van der Waals surface area contributed by atoms with Crippen LogP contribution in [0.5, 0.6) is 0 Å². The van der Waals surface area contributed by atoms with Crippen LogP contribution in [0.1, 0.15) is 52.9 Å². The van der Waals surface area contributed by atoms with Crippen LogP contribution in [0.25, 0.3) is 0 Å². The van der Waals surface area contributed by atoms with Gasteiger partial charge in [-0.1, -0.05) is 0 Å². The predicted molar refractivity (Wildman–Crippen MR) is 97.8 cm³/mol. The van der Waals surface area contributed by atoms with Crippen molar-refractivity contribution in [1.29, 1.82) is 0 Å². The topological polar surface area (TPSA) is 74.8 Å². The maximum Gasteiger partial charge on any atom is 0.225 e. The number of carbonyl (C=O) groups is 2. The second-order valence-corrected chi connectivity index (χ2v) is 9.47. The van der Waals surface area contributed by atoms with E-state index in [0.29, 0.717) is 13.0 Å². The average molecular weight is 373 g/mol. The third kappa shape index (κ3) is 4.74. The van der Waals surface area contributed by atoms with Crippen molar-refractivity contribution in [2.45, 2.75) is 58.9 Å². The summed E-state index contributed by atoms with van der Waals surface area (Å²) in [5.74, 6) is 0.549. The SMILES string of the molecule is CCN(CC)C(=O)C1CCC(C(=O)N(CC)C2CCS(=O)(=O)C2)CC1. The molecule has 0 bridgehead atoms. The van der Waals surface area contributed by atoms with Crippen LogP contribution in [-0.2, 0) is 19.4 Å². The molecule has 2 amide bonds. The van der Waals surface area contributed by atoms with Gasteiger partial charge >= 0.3 is 0 Å². The number of sulfone groups is 1. The van der Waals surface area contributed by atoms with Crippen LogP contribution in [0.2, 0.25) is 0 Å². The van der Waals surface area contributed by atoms with Crippen molar-refractivity contribution in [3.05, 3.63) is 0 Å². The van der Waals surface area contributed by atoms with Crippen LogP contribution in [0, 0.1) is 11.8 Å². The van der Waals surface area contributed by atoms with Crippen molar-refractivity contribution in [2.75, 3.05) is 31.1 Å². The van der Waals surface area contributed by atoms with Gasteiger partial charge in [0.25, 0.3) is 0 Å². The van der Waals surface area contributed by atoms with Gasteiger partial charge in [0.2, 0.25) is 11.8 Å². The summed E-state index contributed by atoms with van der Waals surface area (Å²) in [5.41, 5.74) is 0. The van der Waals surface area contributed by atoms with Gasteiger partial charge in [-0.2, -0.15) is 0 Å². The molecule has 6 nitrogen and oxygen atoms in total. The largest absolute Gasteiger partial charge is 0.343 e. The van der Waals surface area contributed by atoms with Gasteiger partial charge in [-0.3, -0.25) is 9.59 Å². The molecule has 1 heterocycles. The number of rotatable bonds is 6. The Kier molecular flexibility index (Phi) is 6.88. The first-order valence-electron chi connectivity index (χ1n) is 9.62. The Morgan fingerprint density at radius 3 is 1.76 bits per heavy atom. The molecule has 0 aromatic heterocycles. The first-order chi connectivity index (χ1) is 11.8. The summed E-state index contributed by atoms with van der Waals surface area (Å²) in [7, 11) is -2.99. The Hall–Kier alpha value is -1.11. The third-order valence-electron chi connectivity index (χ3n) is 5.77. The summed E-state index contributed by atoms with van der Waals surface area (Å²) < 4.78 is 23.4. The predicted octanol–water partition coefficient (Wildman–Crippen LogP) is 1.70. The summed E-state index contributed by atoms with van der Waals surface area (Å²) in [4.78, 5) is 29.0. The molecular formula is C18H32N2O4S. The highest BCUT2D eigenvalue weighted by atomic mass is 32.2. The molecule has 144 valence electrons. The maximum atomic E-state index is 12.9. The Labute approximate surface area is 151 Å². The molecule has 2 aliphatic rings. The van der Waals surface area contributed by atoms with Gasteiger partial charge < -0.3 is 9.80 Å². The number of nitrogens with zero attached hydrogens (tertiary/aromatic N) is 2. The number of carbonyl (C=O) groups excluding carboxylic acids is 2. The minimum atomic E-state index is -2.99. The van der Waals surface area contributed by atoms with Crippen molar-refractivity contribution < 1.29 is 18.0 Å². The van der Waals surface area contributed by atoms with Gasteiger partial charge in [0, 0.05) is 37.5 Å². The molecule has 0 N–H and O–H groups in total. The minimum absolute atomic E-state index is 0.0332. The zero-order valence-corrected chi connectivity index (χ0v) is 16.6. The Morgan fingerprint density at radius 1 is 0.840 bits per heavy atom. The summed E-state index contributed by atoms with van der Waals surface area (Å²) in [6.07, 6.45) is 3.52. The van der Waals surface area contributed by atoms with E-state index < -0.39 is 9.84 Å². The number of amides is 2. The lowest BCUT2D eigenvalue weighted by Gasteiger charge is -2.35. The molecule has 1 unspecified atom stereocenters. The fraction of sp³-hybridized carbons (Fsp3) is 0.889. The molecule has 1 atom stereocenters. The van der Waals surface area contributed by atoms with E-state index in [1.54, 1.807) is 4.90 Å². The van der Waals surface area contributed by atoms with E-state index in [-0.39, 0.29) is 41.2 Å². The normalized spacial score (nSPS) is 28.5. The van der Waals surface area contributed by atoms with E-state index in [2.05, 4.69) is 0 Å². The zero-order valence-electron chi connectivity index (χ0n) is 15.7. The molecular weight excluding hydrogens is 340 g/mol. The van der Waals surface area contributed by atoms with E-state index in [1.807, 2.05) is 25.7 Å². The average Bonchev–Trinajstić information content (AvgIpc) is 2.96. The molecule has 25 heavy (non-hydrogen) atoms. The highest BCUT2D eigenvalue weighted by molar-refractivity contribution is 7.91. The highest BCUT2D eigenvalue weighted by Crippen LogP contribution is 2.32. The second-order valence-electron chi connectivity index (χ2n) is 7.24. The molecule has 0 aromatic rings. The van der Waals surface area contributed by atoms with E-state index in [1.165, 1.54) is 0 Å². The van der Waals surface area contributed by atoms with E-state index in [4.69, 9.17) is 0 Å². The number of hydrogen-bond donors (Lipinski definition) is 0. The molecule has 1 aliphatic carbocycles. The smallest absolute Gasteiger partial charge is 0.225 e. The van der Waals surface area contributed by atoms with Gasteiger partial charge in [-0.15, -0.1) is 0 Å². The number of hydrogen-bond acceptors (Lipinski definition) is 4. The summed E-state index contributed by atoms with van der Waals surface area (Å²) in [5, 5.41) is 0. The molecule has 1 saturated carbocycles. The highest BCUT2D eigenvalue weighted by Gasteiger charge is 2.38. The van der Waals surface area contributed by atoms with Gasteiger partial charge in [0.1, 0.15) is 0 Å². The van der Waals surface area contributed by atoms with Crippen LogP contribution in [-0.4, -0.2) is 67.2 Å². The lowest BCUT2D eigenvalue weighted by atomic mass is 9.80. The lowest BCUT2D eigenvalue weighted by Crippen LogP contribution is -2.45. The third-order valence-corrected chi connectivity index (χ3v) is 7.52. The van der Waals surface area contributed by atoms with Crippen molar-refractivity contribution in [3.63, 3.8) is 0 Å². The molecule has 7 heteroatoms. The summed E-state index contributed by atoms with van der Waals surface area (Å²) >= 11 is 0. The molecule has 0 spiro atoms. The van der Waals surface area contributed by atoms with Crippen LogP contribution in [0.4, 0.5) is 0 Å².